The van der Waals surface area contributed by atoms with Crippen molar-refractivity contribution in [3.8, 4) is 15.1 Å². The van der Waals surface area contributed by atoms with Gasteiger partial charge in [-0.15, -0.1) is 0 Å². The molecule has 9 heteroatoms. The molecule has 0 amide bonds. The molecule has 4 nitrogen and oxygen atoms in total. The van der Waals surface area contributed by atoms with Crippen molar-refractivity contribution in [1.29, 1.82) is 0 Å². The Balaban J connectivity index is 0.00000210. The van der Waals surface area contributed by atoms with Crippen molar-refractivity contribution in [3.63, 3.8) is 0 Å². The van der Waals surface area contributed by atoms with Crippen LogP contribution in [-0.4, -0.2) is 58.0 Å². The van der Waals surface area contributed by atoms with Crippen LogP contribution >= 0.6 is 9.90 Å². The van der Waals surface area contributed by atoms with E-state index < -0.39 is 18.3 Å². The number of hydrogen-bond acceptors (Lipinski definition) is 5. The van der Waals surface area contributed by atoms with E-state index in [1.807, 2.05) is 39.8 Å². The number of benzene rings is 2. The molecule has 0 aromatic heterocycles. The van der Waals surface area contributed by atoms with E-state index in [4.69, 9.17) is 18.8 Å². The molecule has 3 rings (SSSR count). The molecule has 1 unspecified atom stereocenters. The van der Waals surface area contributed by atoms with Crippen LogP contribution in [0.1, 0.15) is 33.3 Å². The zero-order valence-electron chi connectivity index (χ0n) is 17.3. The molecule has 0 spiro atoms. The topological polar surface area (TPSA) is 36.9 Å². The average molecular weight is 627 g/mol. The van der Waals surface area contributed by atoms with E-state index in [0.717, 1.165) is 5.39 Å². The normalized spacial score (nSPS) is 16.4. The molecule has 0 bridgehead atoms. The molecule has 0 aliphatic carbocycles. The summed E-state index contributed by atoms with van der Waals surface area (Å²) in [6.45, 7) is 8.06. The number of halogens is 1. The summed E-state index contributed by atoms with van der Waals surface area (Å²) in [4.78, 5) is 0. The largest absolute Gasteiger partial charge is 0.813 e. The molecule has 0 saturated carbocycles. The van der Waals surface area contributed by atoms with Gasteiger partial charge in [-0.3, -0.25) is 0 Å². The zero-order valence-corrected chi connectivity index (χ0v) is 24.1. The third-order valence-corrected chi connectivity index (χ3v) is 5.68. The monoisotopic (exact) mass is 627 g/mol. The predicted molar refractivity (Wildman–Crippen MR) is 125 cm³/mol. The van der Waals surface area contributed by atoms with Gasteiger partial charge in [0.2, 0.25) is 0 Å². The van der Waals surface area contributed by atoms with Crippen LogP contribution in [-0.2, 0) is 27.5 Å². The maximum absolute atomic E-state index is 14.6. The predicted octanol–water partition coefficient (Wildman–Crippen LogP) is 2.53. The van der Waals surface area contributed by atoms with Crippen LogP contribution in [0.25, 0.3) is 10.8 Å². The minimum atomic E-state index is -0.650. The van der Waals surface area contributed by atoms with Gasteiger partial charge in [-0.25, -0.2) is 0 Å². The van der Waals surface area contributed by atoms with Crippen molar-refractivity contribution in [1.82, 2.24) is 0 Å². The van der Waals surface area contributed by atoms with Crippen LogP contribution in [0.3, 0.4) is 0 Å². The molecule has 1 aliphatic heterocycles. The first-order chi connectivity index (χ1) is 12.7. The number of ether oxygens (including phenoxy) is 2. The maximum atomic E-state index is 14.6. The average Bonchev–Trinajstić information content (AvgIpc) is 2.82. The summed E-state index contributed by atoms with van der Waals surface area (Å²) in [5.74, 6) is 3.22. The van der Waals surface area contributed by atoms with Gasteiger partial charge in [0.15, 0.2) is 0 Å². The molecular weight excluding hydrogens is 601 g/mol. The minimum absolute atomic E-state index is 0. The Morgan fingerprint density at radius 2 is 1.76 bits per heavy atom. The smallest absolute Gasteiger partial charge is 0.153 e. The Bertz CT molecular complexity index is 929. The fourth-order valence-electron chi connectivity index (χ4n) is 3.01. The van der Waals surface area contributed by atoms with Gasteiger partial charge in [0, 0.05) is 0 Å². The molecule has 0 N–H and O–H groups in total. The Kier molecular flexibility index (Phi) is 9.47. The van der Waals surface area contributed by atoms with Gasteiger partial charge in [-0.1, -0.05) is 0 Å². The van der Waals surface area contributed by atoms with Crippen LogP contribution < -0.4 is 10.2 Å². The molecule has 1 atom stereocenters. The molecule has 2 aromatic rings. The van der Waals surface area contributed by atoms with Gasteiger partial charge in [-0.2, -0.15) is 9.90 Å². The van der Waals surface area contributed by atoms with E-state index in [9.17, 15) is 4.39 Å². The van der Waals surface area contributed by atoms with E-state index in [-0.39, 0.29) is 36.0 Å². The van der Waals surface area contributed by atoms with Crippen LogP contribution in [0.2, 0.25) is 0 Å². The number of fused-ring (bicyclic) bond motifs is 1. The Hall–Kier alpha value is -0.363. The van der Waals surface area contributed by atoms with E-state index >= 15 is 0 Å². The Labute approximate surface area is 198 Å². The summed E-state index contributed by atoms with van der Waals surface area (Å²) >= 11 is 0.453. The quantitative estimate of drug-likeness (QED) is 0.130. The Morgan fingerprint density at radius 1 is 1.14 bits per heavy atom. The first-order valence-corrected chi connectivity index (χ1v) is 10.9. The molecule has 1 saturated heterocycles. The number of hydrogen-bond donors (Lipinski definition) is 0. The molecule has 1 heterocycles. The molecular formula is C20H25BFO4PSTl-. The first-order valence-electron chi connectivity index (χ1n) is 8.65. The van der Waals surface area contributed by atoms with E-state index in [1.165, 1.54) is 6.07 Å². The van der Waals surface area contributed by atoms with Crippen molar-refractivity contribution >= 4 is 72.5 Å². The number of methoxy groups -OCH3 is 1. The van der Waals surface area contributed by atoms with Gasteiger partial charge in [-0.05, 0) is 0 Å². The third kappa shape index (κ3) is 5.28. The molecule has 29 heavy (non-hydrogen) atoms. The second-order valence-corrected chi connectivity index (χ2v) is 8.56. The SMILES string of the molecule is COCOc1cc(B2OC(C)(C)C(C)(C)O2)c2c(C#[C][Tl])c(F)ccc2c1.P.[SH-]. The van der Waals surface area contributed by atoms with E-state index in [0.29, 0.717) is 47.9 Å². The first kappa shape index (κ1) is 26.7. The summed E-state index contributed by atoms with van der Waals surface area (Å²) in [7, 11) is 0.910. The van der Waals surface area contributed by atoms with Crippen LogP contribution in [0.4, 0.5) is 4.39 Å². The molecule has 1 aliphatic rings. The standard InChI is InChI=1S/C20H21BFO4.H3P.H2S.Tl/c1-7-15-17(22)9-8-13-10-14(24-12-23-6)11-16(18(13)15)21-25-19(2,3)20(4,5)26-21;;;/h8-11H,12H2,2-6H3;1H3;1H2;/p-1. The fraction of sp³-hybridized carbons (Fsp3) is 0.400. The van der Waals surface area contributed by atoms with Gasteiger partial charge >= 0.3 is 176 Å². The zero-order chi connectivity index (χ0) is 19.8. The fourth-order valence-corrected chi connectivity index (χ4v) is 3.57. The van der Waals surface area contributed by atoms with E-state index in [1.54, 1.807) is 13.2 Å². The third-order valence-electron chi connectivity index (χ3n) is 5.12. The van der Waals surface area contributed by atoms with Gasteiger partial charge in [0.25, 0.3) is 0 Å². The van der Waals surface area contributed by atoms with Crippen molar-refractivity contribution in [3.05, 3.63) is 35.6 Å². The minimum Gasteiger partial charge on any atom is -0.813 e. The van der Waals surface area contributed by atoms with Crippen molar-refractivity contribution in [2.75, 3.05) is 13.9 Å². The summed E-state index contributed by atoms with van der Waals surface area (Å²) in [5.41, 5.74) is 0.0644. The molecule has 1 fully saturated rings. The summed E-state index contributed by atoms with van der Waals surface area (Å²) in [5, 5.41) is 1.52. The van der Waals surface area contributed by atoms with Crippen LogP contribution in [0.15, 0.2) is 24.3 Å². The van der Waals surface area contributed by atoms with Crippen molar-refractivity contribution < 1.29 is 23.2 Å². The van der Waals surface area contributed by atoms with Crippen LogP contribution in [0, 0.1) is 15.2 Å². The molecule has 154 valence electrons. The number of rotatable bonds is 4. The summed E-state index contributed by atoms with van der Waals surface area (Å²) < 4.78 is 40.6. The molecule has 2 aromatic carbocycles. The van der Waals surface area contributed by atoms with Crippen LogP contribution in [0.5, 0.6) is 5.75 Å². The summed E-state index contributed by atoms with van der Waals surface area (Å²) in [6.07, 6.45) is 0. The maximum Gasteiger partial charge on any atom is -0.153 e. The number of thiol groups is 1. The van der Waals surface area contributed by atoms with Gasteiger partial charge < -0.3 is 13.5 Å². The van der Waals surface area contributed by atoms with E-state index in [2.05, 4.69) is 9.40 Å². The van der Waals surface area contributed by atoms with Gasteiger partial charge in [0.05, 0.1) is 0 Å². The Morgan fingerprint density at radius 3 is 2.31 bits per heavy atom. The second kappa shape index (κ2) is 10.3. The summed E-state index contributed by atoms with van der Waals surface area (Å²) in [6, 6.07) is 6.83. The van der Waals surface area contributed by atoms with Crippen molar-refractivity contribution in [2.24, 2.45) is 0 Å². The van der Waals surface area contributed by atoms with Crippen molar-refractivity contribution in [2.45, 2.75) is 38.9 Å². The second-order valence-electron chi connectivity index (χ2n) is 7.44. The molecule has 0 radical (unpaired) electrons. The van der Waals surface area contributed by atoms with Gasteiger partial charge in [0.1, 0.15) is 0 Å².